The fourth-order valence-corrected chi connectivity index (χ4v) is 2.46. The summed E-state index contributed by atoms with van der Waals surface area (Å²) in [7, 11) is 0. The minimum absolute atomic E-state index is 0.205. The number of aliphatic hydroxyl groups excluding tert-OH is 1. The van der Waals surface area contributed by atoms with Crippen LogP contribution in [-0.2, 0) is 19.1 Å². The van der Waals surface area contributed by atoms with Crippen LogP contribution in [0.15, 0.2) is 12.2 Å². The van der Waals surface area contributed by atoms with Crippen molar-refractivity contribution in [3.05, 3.63) is 12.2 Å². The van der Waals surface area contributed by atoms with E-state index in [1.807, 2.05) is 48.5 Å². The molecule has 23 heavy (non-hydrogen) atoms. The van der Waals surface area contributed by atoms with Crippen molar-refractivity contribution >= 4 is 11.9 Å². The molecule has 134 valence electrons. The second kappa shape index (κ2) is 7.95. The van der Waals surface area contributed by atoms with Gasteiger partial charge in [-0.15, -0.1) is 0 Å². The number of allylic oxidation sites excluding steroid dienone is 1. The van der Waals surface area contributed by atoms with Crippen LogP contribution in [-0.4, -0.2) is 36.4 Å². The highest BCUT2D eigenvalue weighted by molar-refractivity contribution is 5.81. The molecule has 1 atom stereocenters. The third-order valence-electron chi connectivity index (χ3n) is 4.54. The lowest BCUT2D eigenvalue weighted by molar-refractivity contribution is -0.176. The van der Waals surface area contributed by atoms with Gasteiger partial charge in [0.25, 0.3) is 0 Å². The highest BCUT2D eigenvalue weighted by Crippen LogP contribution is 2.52. The van der Waals surface area contributed by atoms with Gasteiger partial charge in [-0.05, 0) is 24.7 Å². The van der Waals surface area contributed by atoms with Gasteiger partial charge in [0, 0.05) is 6.08 Å². The molecule has 0 aromatic carbocycles. The number of hydrogen-bond acceptors (Lipinski definition) is 5. The van der Waals surface area contributed by atoms with Crippen molar-refractivity contribution in [2.24, 2.45) is 16.2 Å². The van der Waals surface area contributed by atoms with Crippen LogP contribution in [0.4, 0.5) is 0 Å². The van der Waals surface area contributed by atoms with Crippen LogP contribution in [0.25, 0.3) is 0 Å². The van der Waals surface area contributed by atoms with Crippen LogP contribution in [0, 0.1) is 16.2 Å². The lowest BCUT2D eigenvalue weighted by Crippen LogP contribution is -2.51. The molecule has 0 aliphatic rings. The molecule has 0 radical (unpaired) electrons. The molecule has 0 amide bonds. The van der Waals surface area contributed by atoms with E-state index in [1.54, 1.807) is 13.0 Å². The lowest BCUT2D eigenvalue weighted by Gasteiger charge is -2.48. The molecule has 0 aliphatic heterocycles. The average Bonchev–Trinajstić information content (AvgIpc) is 2.39. The Hall–Kier alpha value is -1.36. The maximum atomic E-state index is 12.7. The highest BCUT2D eigenvalue weighted by Gasteiger charge is 2.53. The summed E-state index contributed by atoms with van der Waals surface area (Å²) in [6, 6.07) is 0. The number of hydrogen-bond donors (Lipinski definition) is 1. The van der Waals surface area contributed by atoms with Crippen molar-refractivity contribution in [1.29, 1.82) is 0 Å². The third kappa shape index (κ3) is 5.65. The Morgan fingerprint density at radius 2 is 1.39 bits per heavy atom. The molecule has 0 saturated carbocycles. The number of carbonyl (C=O) groups excluding carboxylic acids is 2. The monoisotopic (exact) mass is 328 g/mol. The van der Waals surface area contributed by atoms with E-state index in [-0.39, 0.29) is 30.0 Å². The van der Waals surface area contributed by atoms with Gasteiger partial charge in [-0.25, -0.2) is 4.79 Å². The minimum Gasteiger partial charge on any atom is -0.462 e. The predicted octanol–water partition coefficient (Wildman–Crippen LogP) is 3.11. The van der Waals surface area contributed by atoms with Crippen molar-refractivity contribution < 1.29 is 24.2 Å². The van der Waals surface area contributed by atoms with Crippen molar-refractivity contribution in [2.75, 3.05) is 13.2 Å². The Labute approximate surface area is 140 Å². The fourth-order valence-electron chi connectivity index (χ4n) is 2.46. The minimum atomic E-state index is -1.04. The summed E-state index contributed by atoms with van der Waals surface area (Å²) in [4.78, 5) is 23.8. The quantitative estimate of drug-likeness (QED) is 0.599. The summed E-state index contributed by atoms with van der Waals surface area (Å²) in [5.41, 5.74) is -1.36. The van der Waals surface area contributed by atoms with Crippen LogP contribution in [0.1, 0.15) is 55.4 Å². The SMILES string of the molecule is C/C=C/C(=O)OCC(O)COC(=O)C(C)(C(C)(C)C)C(C)(C)C. The van der Waals surface area contributed by atoms with Gasteiger partial charge in [-0.2, -0.15) is 0 Å². The van der Waals surface area contributed by atoms with Gasteiger partial charge >= 0.3 is 11.9 Å². The van der Waals surface area contributed by atoms with E-state index in [9.17, 15) is 14.7 Å². The summed E-state index contributed by atoms with van der Waals surface area (Å²) in [5, 5.41) is 9.81. The van der Waals surface area contributed by atoms with Crippen molar-refractivity contribution in [1.82, 2.24) is 0 Å². The zero-order valence-electron chi connectivity index (χ0n) is 15.7. The van der Waals surface area contributed by atoms with Gasteiger partial charge < -0.3 is 14.6 Å². The molecular formula is C18H32O5. The first-order chi connectivity index (χ1) is 10.3. The first-order valence-corrected chi connectivity index (χ1v) is 7.92. The molecule has 5 heteroatoms. The summed E-state index contributed by atoms with van der Waals surface area (Å²) >= 11 is 0. The van der Waals surface area contributed by atoms with Crippen molar-refractivity contribution in [2.45, 2.75) is 61.5 Å². The molecule has 1 N–H and O–H groups in total. The summed E-state index contributed by atoms with van der Waals surface area (Å²) in [6.07, 6.45) is 1.76. The van der Waals surface area contributed by atoms with Crippen molar-refractivity contribution in [3.63, 3.8) is 0 Å². The number of rotatable bonds is 6. The topological polar surface area (TPSA) is 72.8 Å². The average molecular weight is 328 g/mol. The van der Waals surface area contributed by atoms with E-state index in [2.05, 4.69) is 0 Å². The lowest BCUT2D eigenvalue weighted by atomic mass is 9.55. The Morgan fingerprint density at radius 3 is 1.78 bits per heavy atom. The number of esters is 2. The summed E-state index contributed by atoms with van der Waals surface area (Å²) in [6.45, 7) is 15.1. The van der Waals surface area contributed by atoms with E-state index in [1.165, 1.54) is 6.08 Å². The predicted molar refractivity (Wildman–Crippen MR) is 89.8 cm³/mol. The van der Waals surface area contributed by atoms with Crippen LogP contribution in [0.3, 0.4) is 0 Å². The molecule has 0 aliphatic carbocycles. The van der Waals surface area contributed by atoms with Crippen LogP contribution in [0.5, 0.6) is 0 Å². The molecule has 0 rings (SSSR count). The molecule has 1 unspecified atom stereocenters. The summed E-state index contributed by atoms with van der Waals surface area (Å²) in [5.74, 6) is -0.900. The highest BCUT2D eigenvalue weighted by atomic mass is 16.6. The van der Waals surface area contributed by atoms with Gasteiger partial charge in [0.1, 0.15) is 19.3 Å². The normalized spacial score (nSPS) is 14.7. The van der Waals surface area contributed by atoms with Crippen LogP contribution in [0.2, 0.25) is 0 Å². The van der Waals surface area contributed by atoms with Gasteiger partial charge in [0.2, 0.25) is 0 Å². The molecule has 0 fully saturated rings. The molecule has 0 aromatic heterocycles. The molecule has 5 nitrogen and oxygen atoms in total. The van der Waals surface area contributed by atoms with Crippen molar-refractivity contribution in [3.8, 4) is 0 Å². The number of ether oxygens (including phenoxy) is 2. The smallest absolute Gasteiger partial charge is 0.330 e. The van der Waals surface area contributed by atoms with E-state index >= 15 is 0 Å². The van der Waals surface area contributed by atoms with Gasteiger partial charge in [0.15, 0.2) is 0 Å². The van der Waals surface area contributed by atoms with E-state index in [0.29, 0.717) is 0 Å². The zero-order valence-corrected chi connectivity index (χ0v) is 15.7. The summed E-state index contributed by atoms with van der Waals surface area (Å²) < 4.78 is 10.1. The Bertz CT molecular complexity index is 423. The first kappa shape index (κ1) is 21.6. The molecule has 0 heterocycles. The van der Waals surface area contributed by atoms with Gasteiger partial charge in [0.05, 0.1) is 5.41 Å². The molecule has 0 bridgehead atoms. The Morgan fingerprint density at radius 1 is 0.957 bits per heavy atom. The van der Waals surface area contributed by atoms with E-state index in [0.717, 1.165) is 0 Å². The Balaban J connectivity index is 4.77. The van der Waals surface area contributed by atoms with Gasteiger partial charge in [-0.1, -0.05) is 47.6 Å². The molecule has 0 spiro atoms. The van der Waals surface area contributed by atoms with E-state index < -0.39 is 17.5 Å². The maximum Gasteiger partial charge on any atom is 0.330 e. The largest absolute Gasteiger partial charge is 0.462 e. The number of aliphatic hydroxyl groups is 1. The second-order valence-corrected chi connectivity index (χ2v) is 8.01. The fraction of sp³-hybridized carbons (Fsp3) is 0.778. The molecule has 0 saturated heterocycles. The van der Waals surface area contributed by atoms with Gasteiger partial charge in [-0.3, -0.25) is 4.79 Å². The number of carbonyl (C=O) groups is 2. The van der Waals surface area contributed by atoms with E-state index in [4.69, 9.17) is 9.47 Å². The third-order valence-corrected chi connectivity index (χ3v) is 4.54. The second-order valence-electron chi connectivity index (χ2n) is 8.01. The van der Waals surface area contributed by atoms with Crippen LogP contribution < -0.4 is 0 Å². The Kier molecular flexibility index (Phi) is 7.48. The maximum absolute atomic E-state index is 12.7. The molecule has 0 aromatic rings. The molecular weight excluding hydrogens is 296 g/mol. The standard InChI is InChI=1S/C18H32O5/c1-9-10-14(20)22-11-13(19)12-23-15(21)18(8,16(2,3)4)17(5,6)7/h9-10,13,19H,11-12H2,1-8H3/b10-9+. The first-order valence-electron chi connectivity index (χ1n) is 7.92. The van der Waals surface area contributed by atoms with Crippen LogP contribution >= 0.6 is 0 Å². The zero-order chi connectivity index (χ0) is 18.5.